The van der Waals surface area contributed by atoms with Gasteiger partial charge in [-0.1, -0.05) is 24.3 Å². The van der Waals surface area contributed by atoms with Crippen molar-refractivity contribution in [1.82, 2.24) is 0 Å². The molecule has 2 N–H and O–H groups in total. The number of aromatic hydroxyl groups is 1. The average molecular weight is 839 g/mol. The number of carbonyl (C=O) groups is 2. The summed E-state index contributed by atoms with van der Waals surface area (Å²) in [6.07, 6.45) is 7.74. The zero-order valence-electron chi connectivity index (χ0n) is 32.9. The number of phenols is 1. The van der Waals surface area contributed by atoms with Gasteiger partial charge in [-0.2, -0.15) is 20.5 Å². The van der Waals surface area contributed by atoms with Crippen molar-refractivity contribution in [2.24, 2.45) is 20.5 Å². The molecule has 0 unspecified atom stereocenters. The lowest BCUT2D eigenvalue weighted by Crippen LogP contribution is -2.35. The van der Waals surface area contributed by atoms with Crippen LogP contribution in [0.15, 0.2) is 120 Å². The third-order valence-electron chi connectivity index (χ3n) is 9.33. The fraction of sp³-hybridized carbons (Fsp3) is 0.136. The second-order valence-corrected chi connectivity index (χ2v) is 13.3. The molecule has 0 amide bonds. The van der Waals surface area contributed by atoms with Crippen molar-refractivity contribution in [2.75, 3.05) is 31.7 Å². The first kappa shape index (κ1) is 41.9. The van der Waals surface area contributed by atoms with Gasteiger partial charge in [0, 0.05) is 44.5 Å². The predicted octanol–water partition coefficient (Wildman–Crippen LogP) is 6.77. The fourth-order valence-electron chi connectivity index (χ4n) is 6.58. The van der Waals surface area contributed by atoms with Gasteiger partial charge in [0.05, 0.1) is 57.4 Å². The van der Waals surface area contributed by atoms with E-state index in [1.807, 2.05) is 0 Å². The lowest BCUT2D eigenvalue weighted by Gasteiger charge is -2.21. The number of hydrogen-bond acceptors (Lipinski definition) is 16. The number of rotatable bonds is 13. The minimum atomic E-state index is -0.707. The molecule has 5 aromatic carbocycles. The number of carbonyl (C=O) groups excluding carboxylic acids is 2. The van der Waals surface area contributed by atoms with E-state index in [-0.39, 0.29) is 107 Å². The highest BCUT2D eigenvalue weighted by molar-refractivity contribution is 6.03. The number of fused-ring (bicyclic) bond motifs is 12. The van der Waals surface area contributed by atoms with Crippen molar-refractivity contribution < 1.29 is 39.0 Å². The molecular weight excluding hydrogens is 805 g/mol. The van der Waals surface area contributed by atoms with E-state index >= 15 is 0 Å². The van der Waals surface area contributed by atoms with Crippen molar-refractivity contribution in [2.45, 2.75) is 13.8 Å². The number of benzene rings is 4. The van der Waals surface area contributed by atoms with Crippen LogP contribution in [0, 0.1) is 15.3 Å². The summed E-state index contributed by atoms with van der Waals surface area (Å²) in [5.41, 5.74) is 0.457. The largest absolute Gasteiger partial charge is 0.733 e. The smallest absolute Gasteiger partial charge is 0.404 e. The van der Waals surface area contributed by atoms with E-state index in [4.69, 9.17) is 18.6 Å². The number of non-ortho nitro benzene ring substituents is 1. The van der Waals surface area contributed by atoms with Crippen LogP contribution in [-0.4, -0.2) is 53.6 Å². The Bertz CT molecular complexity index is 3090. The van der Waals surface area contributed by atoms with Gasteiger partial charge in [-0.05, 0) is 86.7 Å². The Morgan fingerprint density at radius 2 is 1.44 bits per heavy atom. The number of hydrogen-bond donors (Lipinski definition) is 2. The summed E-state index contributed by atoms with van der Waals surface area (Å²) in [4.78, 5) is 51.1. The number of phenolic OH excluding ortho intramolecular Hbond substituents is 1. The van der Waals surface area contributed by atoms with Crippen LogP contribution in [-0.2, 0) is 19.1 Å². The Balaban J connectivity index is 1.61. The molecule has 0 saturated heterocycles. The Morgan fingerprint density at radius 3 is 2.13 bits per heavy atom. The van der Waals surface area contributed by atoms with E-state index in [1.165, 1.54) is 72.8 Å². The maximum Gasteiger partial charge on any atom is 0.404 e. The van der Waals surface area contributed by atoms with Crippen LogP contribution in [0.2, 0.25) is 0 Å². The van der Waals surface area contributed by atoms with Gasteiger partial charge in [0.1, 0.15) is 11.5 Å². The number of anilines is 1. The number of ether oxygens (including phenoxy) is 3. The van der Waals surface area contributed by atoms with Crippen LogP contribution < -0.4 is 31.3 Å². The maximum absolute atomic E-state index is 14.9. The summed E-state index contributed by atoms with van der Waals surface area (Å²) in [5, 5.41) is 62.1. The van der Waals surface area contributed by atoms with E-state index in [9.17, 15) is 40.0 Å². The van der Waals surface area contributed by atoms with Crippen molar-refractivity contribution in [3.63, 3.8) is 0 Å². The van der Waals surface area contributed by atoms with Crippen LogP contribution in [0.3, 0.4) is 0 Å². The van der Waals surface area contributed by atoms with Crippen molar-refractivity contribution >= 4 is 86.2 Å². The molecule has 8 bridgehead atoms. The normalized spacial score (nSPS) is 12.8. The summed E-state index contributed by atoms with van der Waals surface area (Å²) in [7, 11) is 0. The van der Waals surface area contributed by atoms with Crippen LogP contribution in [0.4, 0.5) is 28.4 Å². The first-order valence-electron chi connectivity index (χ1n) is 18.9. The number of esters is 2. The highest BCUT2D eigenvalue weighted by Crippen LogP contribution is 2.37. The van der Waals surface area contributed by atoms with Crippen LogP contribution in [0.5, 0.6) is 11.5 Å². The minimum absolute atomic E-state index is 0.00757. The molecule has 18 nitrogen and oxygen atoms in total. The van der Waals surface area contributed by atoms with Gasteiger partial charge >= 0.3 is 24.0 Å². The summed E-state index contributed by atoms with van der Waals surface area (Å²) >= 11 is 0. The number of nitro benzene ring substituents is 1. The maximum atomic E-state index is 14.9. The third kappa shape index (κ3) is 9.00. The van der Waals surface area contributed by atoms with Gasteiger partial charge in [0.15, 0.2) is 12.0 Å². The molecule has 0 aromatic heterocycles. The summed E-state index contributed by atoms with van der Waals surface area (Å²) in [6, 6.07) is 18.8. The molecule has 0 radical (unpaired) electrons. The summed E-state index contributed by atoms with van der Waals surface area (Å²) < 4.78 is 22.6. The molecule has 5 aromatic rings. The number of para-hydroxylation sites is 1. The van der Waals surface area contributed by atoms with Crippen molar-refractivity contribution in [3.8, 4) is 11.5 Å². The van der Waals surface area contributed by atoms with Gasteiger partial charge in [-0.3, -0.25) is 20.1 Å². The first-order valence-corrected chi connectivity index (χ1v) is 18.9. The lowest BCUT2D eigenvalue weighted by molar-refractivity contribution is -0.384. The van der Waals surface area contributed by atoms with E-state index in [0.29, 0.717) is 5.69 Å². The second kappa shape index (κ2) is 18.4. The molecule has 0 fully saturated rings. The Morgan fingerprint density at radius 1 is 0.790 bits per heavy atom. The zero-order chi connectivity index (χ0) is 43.9. The van der Waals surface area contributed by atoms with Crippen LogP contribution in [0.25, 0.3) is 45.8 Å². The molecule has 62 heavy (non-hydrogen) atoms. The molecule has 0 aliphatic heterocycles. The molecule has 7 rings (SSSR count). The standard InChI is InChI=1S/C44H34N6O12/c1-3-59-39(51)23-61-43-31-7-5-8-32(43)36-20-28(48-46-26-13-17-30(18-14-26)50(57)58)22-38(42(36)54)34-10-6-9-33(44(34)62-24-40(52)60-4-2)37-21-27(19-35(31)41(37)53)47-45-25-11-15-29(16-12-25)49(55)56/h5-22,53,57H,3-4,23-24H2,1-2H3. The van der Waals surface area contributed by atoms with Gasteiger partial charge < -0.3 is 29.8 Å². The molecule has 2 aliphatic rings. The summed E-state index contributed by atoms with van der Waals surface area (Å²) in [6.45, 7) is 2.24. The molecule has 0 spiro atoms. The van der Waals surface area contributed by atoms with E-state index in [0.717, 1.165) is 0 Å². The molecule has 18 heteroatoms. The molecule has 2 aliphatic carbocycles. The molecule has 312 valence electrons. The Kier molecular flexibility index (Phi) is 12.4. The average Bonchev–Trinajstić information content (AvgIpc) is 3.27. The second-order valence-electron chi connectivity index (χ2n) is 13.3. The molecule has 0 atom stereocenters. The highest BCUT2D eigenvalue weighted by Gasteiger charge is 2.23. The number of allylic oxidation sites excluding steroid dienone is 2. The van der Waals surface area contributed by atoms with E-state index < -0.39 is 35.5 Å². The van der Waals surface area contributed by atoms with Crippen molar-refractivity contribution in [1.29, 1.82) is 0 Å². The van der Waals surface area contributed by atoms with Crippen LogP contribution >= 0.6 is 0 Å². The quantitative estimate of drug-likeness (QED) is 0.0410. The van der Waals surface area contributed by atoms with Gasteiger partial charge in [0.2, 0.25) is 0 Å². The monoisotopic (exact) mass is 838 g/mol. The van der Waals surface area contributed by atoms with Crippen molar-refractivity contribution in [3.05, 3.63) is 148 Å². The fourth-order valence-corrected chi connectivity index (χ4v) is 6.58. The minimum Gasteiger partial charge on any atom is -0.733 e. The van der Waals surface area contributed by atoms with E-state index in [1.54, 1.807) is 50.3 Å². The summed E-state index contributed by atoms with van der Waals surface area (Å²) in [5.74, 6) is -1.71. The first-order chi connectivity index (χ1) is 29.9. The Hall–Kier alpha value is -8.22. The molecule has 0 heterocycles. The zero-order valence-corrected chi connectivity index (χ0v) is 32.9. The lowest BCUT2D eigenvalue weighted by atomic mass is 9.96. The number of nitro groups is 1. The predicted molar refractivity (Wildman–Crippen MR) is 229 cm³/mol. The number of nitrogens with zero attached hydrogens (tertiary/aromatic N) is 6. The SMILES string of the molecule is CCOC(=O)COc1c2cccc1c1cc(N=Nc3ccc([N+](=O)[O-])cc3)cc(c1O)c1c(=[O+]CC(=O)OCC)c(c3c(=O)c2=CC(N=Nc2ccc(N([O-])O)cc2)=C3)C=CC=1. The number of azo groups is 2. The van der Waals surface area contributed by atoms with Gasteiger partial charge in [-0.25, -0.2) is 14.0 Å². The highest BCUT2D eigenvalue weighted by atomic mass is 16.8. The van der Waals surface area contributed by atoms with Gasteiger partial charge in [-0.15, -0.1) is 0 Å². The van der Waals surface area contributed by atoms with Crippen LogP contribution in [0.1, 0.15) is 25.0 Å². The Labute approximate surface area is 349 Å². The topological polar surface area (TPSA) is 250 Å². The van der Waals surface area contributed by atoms with E-state index in [2.05, 4.69) is 20.5 Å². The molecule has 0 saturated carbocycles. The van der Waals surface area contributed by atoms with Gasteiger partial charge in [0.25, 0.3) is 5.69 Å². The third-order valence-corrected chi connectivity index (χ3v) is 9.33. The molecular formula is C44H34N6O12.